The van der Waals surface area contributed by atoms with E-state index in [1.54, 1.807) is 11.3 Å². The second-order valence-electron chi connectivity index (χ2n) is 2.91. The van der Waals surface area contributed by atoms with E-state index < -0.39 is 0 Å². The van der Waals surface area contributed by atoms with Gasteiger partial charge in [0.1, 0.15) is 0 Å². The minimum Gasteiger partial charge on any atom is -0.233 e. The van der Waals surface area contributed by atoms with Crippen molar-refractivity contribution < 1.29 is 0 Å². The van der Waals surface area contributed by atoms with Gasteiger partial charge in [-0.25, -0.2) is 4.98 Å². The Morgan fingerprint density at radius 2 is 2.25 bits per heavy atom. The van der Waals surface area contributed by atoms with Crippen LogP contribution in [0.25, 0.3) is 11.3 Å². The Morgan fingerprint density at radius 1 is 1.33 bits per heavy atom. The van der Waals surface area contributed by atoms with Gasteiger partial charge in [-0.2, -0.15) is 0 Å². The Hall–Kier alpha value is -1.15. The second kappa shape index (κ2) is 2.17. The van der Waals surface area contributed by atoms with Crippen molar-refractivity contribution in [3.63, 3.8) is 0 Å². The predicted octanol–water partition coefficient (Wildman–Crippen LogP) is 2.51. The van der Waals surface area contributed by atoms with Crippen molar-refractivity contribution in [2.24, 2.45) is 0 Å². The van der Waals surface area contributed by atoms with Crippen molar-refractivity contribution in [2.45, 2.75) is 6.42 Å². The molecule has 0 fully saturated rings. The van der Waals surface area contributed by atoms with Crippen LogP contribution in [0.2, 0.25) is 0 Å². The van der Waals surface area contributed by atoms with Gasteiger partial charge in [0.15, 0.2) is 5.51 Å². The number of aromatic nitrogens is 1. The third-order valence-electron chi connectivity index (χ3n) is 2.21. The lowest BCUT2D eigenvalue weighted by Gasteiger charge is -1.94. The summed E-state index contributed by atoms with van der Waals surface area (Å²) in [6, 6.07) is 8.45. The van der Waals surface area contributed by atoms with Crippen molar-refractivity contribution >= 4 is 11.3 Å². The summed E-state index contributed by atoms with van der Waals surface area (Å²) in [7, 11) is 0. The Labute approximate surface area is 74.7 Å². The lowest BCUT2D eigenvalue weighted by atomic mass is 10.1. The van der Waals surface area contributed by atoms with Crippen LogP contribution in [0.1, 0.15) is 10.4 Å². The van der Waals surface area contributed by atoms with Crippen LogP contribution >= 0.6 is 11.3 Å². The summed E-state index contributed by atoms with van der Waals surface area (Å²) in [4.78, 5) is 5.59. The van der Waals surface area contributed by atoms with Crippen LogP contribution in [0.4, 0.5) is 0 Å². The zero-order chi connectivity index (χ0) is 7.97. The molecule has 3 rings (SSSR count). The van der Waals surface area contributed by atoms with E-state index in [1.807, 2.05) is 0 Å². The van der Waals surface area contributed by atoms with Crippen LogP contribution < -0.4 is 0 Å². The minimum absolute atomic E-state index is 1.05. The van der Waals surface area contributed by atoms with E-state index in [0.717, 1.165) is 12.1 Å². The molecular formula is C10H6NS. The molecule has 0 amide bonds. The lowest BCUT2D eigenvalue weighted by molar-refractivity contribution is 1.31. The summed E-state index contributed by atoms with van der Waals surface area (Å²) in [5.41, 5.74) is 6.78. The van der Waals surface area contributed by atoms with Crippen LogP contribution in [-0.2, 0) is 6.42 Å². The zero-order valence-electron chi connectivity index (χ0n) is 6.37. The monoisotopic (exact) mass is 172 g/mol. The third-order valence-corrected chi connectivity index (χ3v) is 2.98. The van der Waals surface area contributed by atoms with Crippen molar-refractivity contribution in [3.05, 3.63) is 40.2 Å². The molecule has 1 radical (unpaired) electrons. The maximum absolute atomic E-state index is 4.23. The number of fused-ring (bicyclic) bond motifs is 3. The van der Waals surface area contributed by atoms with Crippen molar-refractivity contribution in [2.75, 3.05) is 0 Å². The van der Waals surface area contributed by atoms with Gasteiger partial charge in [-0.1, -0.05) is 24.3 Å². The van der Waals surface area contributed by atoms with E-state index in [-0.39, 0.29) is 0 Å². The molecule has 57 valence electrons. The molecule has 1 aromatic heterocycles. The van der Waals surface area contributed by atoms with Gasteiger partial charge in [0.25, 0.3) is 0 Å². The fourth-order valence-electron chi connectivity index (χ4n) is 1.64. The molecule has 1 nitrogen and oxygen atoms in total. The highest BCUT2D eigenvalue weighted by Crippen LogP contribution is 2.36. The number of hydrogen-bond acceptors (Lipinski definition) is 2. The van der Waals surface area contributed by atoms with Gasteiger partial charge in [0, 0.05) is 16.9 Å². The SMILES string of the molecule is [c]1nc2c(s1)Cc1ccccc1-2. The van der Waals surface area contributed by atoms with Crippen LogP contribution in [0.3, 0.4) is 0 Å². The highest BCUT2D eigenvalue weighted by molar-refractivity contribution is 7.09. The van der Waals surface area contributed by atoms with Gasteiger partial charge in [-0.15, -0.1) is 11.3 Å². The number of nitrogens with zero attached hydrogens (tertiary/aromatic N) is 1. The molecule has 1 aliphatic rings. The maximum atomic E-state index is 4.23. The molecule has 0 bridgehead atoms. The Kier molecular flexibility index (Phi) is 1.15. The number of benzene rings is 1. The first-order valence-corrected chi connectivity index (χ1v) is 4.71. The third kappa shape index (κ3) is 0.703. The summed E-state index contributed by atoms with van der Waals surface area (Å²) in [6.07, 6.45) is 1.05. The lowest BCUT2D eigenvalue weighted by Crippen LogP contribution is -1.77. The van der Waals surface area contributed by atoms with Crippen molar-refractivity contribution in [3.8, 4) is 11.3 Å². The largest absolute Gasteiger partial charge is 0.233 e. The van der Waals surface area contributed by atoms with Crippen LogP contribution in [0, 0.1) is 5.51 Å². The molecule has 1 heterocycles. The van der Waals surface area contributed by atoms with Gasteiger partial charge >= 0.3 is 0 Å². The van der Waals surface area contributed by atoms with Crippen LogP contribution in [0.15, 0.2) is 24.3 Å². The van der Waals surface area contributed by atoms with E-state index in [1.165, 1.54) is 16.0 Å². The van der Waals surface area contributed by atoms with E-state index in [9.17, 15) is 0 Å². The molecule has 0 spiro atoms. The molecule has 0 N–H and O–H groups in total. The molecule has 2 heteroatoms. The Morgan fingerprint density at radius 3 is 3.25 bits per heavy atom. The molecule has 0 unspecified atom stereocenters. The topological polar surface area (TPSA) is 12.9 Å². The number of hydrogen-bond donors (Lipinski definition) is 0. The quantitative estimate of drug-likeness (QED) is 0.507. The van der Waals surface area contributed by atoms with Gasteiger partial charge in [0.2, 0.25) is 0 Å². The van der Waals surface area contributed by atoms with Crippen molar-refractivity contribution in [1.29, 1.82) is 0 Å². The zero-order valence-corrected chi connectivity index (χ0v) is 7.19. The second-order valence-corrected chi connectivity index (χ2v) is 3.79. The number of rotatable bonds is 0. The predicted molar refractivity (Wildman–Crippen MR) is 49.2 cm³/mol. The fraction of sp³-hybridized carbons (Fsp3) is 0.100. The minimum atomic E-state index is 1.05. The summed E-state index contributed by atoms with van der Waals surface area (Å²) >= 11 is 1.63. The molecule has 0 saturated carbocycles. The molecule has 12 heavy (non-hydrogen) atoms. The Balaban J connectivity index is 2.34. The van der Waals surface area contributed by atoms with Crippen molar-refractivity contribution in [1.82, 2.24) is 4.98 Å². The maximum Gasteiger partial charge on any atom is 0.153 e. The standard InChI is InChI=1S/C10H6NS/c1-2-4-8-7(3-1)5-9-10(8)11-6-12-9/h1-4H,5H2. The first kappa shape index (κ1) is 6.38. The van der Waals surface area contributed by atoms with Gasteiger partial charge in [-0.3, -0.25) is 0 Å². The first-order chi connectivity index (χ1) is 5.95. The molecule has 2 aromatic rings. The highest BCUT2D eigenvalue weighted by atomic mass is 32.1. The normalized spacial score (nSPS) is 12.7. The van der Waals surface area contributed by atoms with E-state index in [4.69, 9.17) is 0 Å². The van der Waals surface area contributed by atoms with Gasteiger partial charge in [-0.05, 0) is 5.56 Å². The molecule has 1 aromatic carbocycles. The van der Waals surface area contributed by atoms with E-state index >= 15 is 0 Å². The Bertz CT molecular complexity index is 431. The summed E-state index contributed by atoms with van der Waals surface area (Å²) in [6.45, 7) is 0. The fourth-order valence-corrected chi connectivity index (χ4v) is 2.37. The molecular weight excluding hydrogens is 166 g/mol. The van der Waals surface area contributed by atoms with Gasteiger partial charge < -0.3 is 0 Å². The highest BCUT2D eigenvalue weighted by Gasteiger charge is 2.19. The van der Waals surface area contributed by atoms with E-state index in [2.05, 4.69) is 34.8 Å². The van der Waals surface area contributed by atoms with Crippen LogP contribution in [0.5, 0.6) is 0 Å². The molecule has 0 aliphatic heterocycles. The summed E-state index contributed by atoms with van der Waals surface area (Å²) in [5.74, 6) is 0. The smallest absolute Gasteiger partial charge is 0.153 e. The molecule has 0 atom stereocenters. The first-order valence-electron chi connectivity index (χ1n) is 3.89. The average Bonchev–Trinajstić information content (AvgIpc) is 2.62. The van der Waals surface area contributed by atoms with Crippen LogP contribution in [-0.4, -0.2) is 4.98 Å². The summed E-state index contributed by atoms with van der Waals surface area (Å²) < 4.78 is 0. The average molecular weight is 172 g/mol. The van der Waals surface area contributed by atoms with E-state index in [0.29, 0.717) is 0 Å². The molecule has 0 saturated heterocycles. The summed E-state index contributed by atoms with van der Waals surface area (Å²) in [5, 5.41) is 0. The number of thiazole rings is 1. The molecule has 1 aliphatic carbocycles. The van der Waals surface area contributed by atoms with Gasteiger partial charge in [0.05, 0.1) is 5.69 Å².